The van der Waals surface area contributed by atoms with Crippen LogP contribution in [0.15, 0.2) is 36.7 Å². The van der Waals surface area contributed by atoms with E-state index in [9.17, 15) is 0 Å². The average Bonchev–Trinajstić information content (AvgIpc) is 2.96. The van der Waals surface area contributed by atoms with Crippen LogP contribution in [-0.4, -0.2) is 35.1 Å². The molecule has 0 amide bonds. The SMILES string of the molecule is c1ccc2c(CNC3CCN4CCCCC34)cncc2c1. The van der Waals surface area contributed by atoms with Crippen LogP contribution >= 0.6 is 0 Å². The molecule has 0 bridgehead atoms. The maximum atomic E-state index is 4.39. The molecule has 3 heteroatoms. The van der Waals surface area contributed by atoms with Gasteiger partial charge in [0.2, 0.25) is 0 Å². The molecule has 2 atom stereocenters. The number of benzene rings is 1. The summed E-state index contributed by atoms with van der Waals surface area (Å²) >= 11 is 0. The van der Waals surface area contributed by atoms with Gasteiger partial charge < -0.3 is 5.32 Å². The van der Waals surface area contributed by atoms with E-state index in [2.05, 4.69) is 39.5 Å². The van der Waals surface area contributed by atoms with Gasteiger partial charge in [0.25, 0.3) is 0 Å². The number of hydrogen-bond donors (Lipinski definition) is 1. The largest absolute Gasteiger partial charge is 0.308 e. The molecule has 0 saturated carbocycles. The van der Waals surface area contributed by atoms with E-state index in [1.54, 1.807) is 0 Å². The summed E-state index contributed by atoms with van der Waals surface area (Å²) in [5, 5.41) is 6.38. The molecule has 2 saturated heterocycles. The van der Waals surface area contributed by atoms with Crippen LogP contribution in [0.5, 0.6) is 0 Å². The summed E-state index contributed by atoms with van der Waals surface area (Å²) in [5.41, 5.74) is 1.32. The number of piperidine rings is 1. The monoisotopic (exact) mass is 281 g/mol. The predicted molar refractivity (Wildman–Crippen MR) is 86.2 cm³/mol. The minimum Gasteiger partial charge on any atom is -0.308 e. The van der Waals surface area contributed by atoms with Gasteiger partial charge in [0.05, 0.1) is 0 Å². The minimum absolute atomic E-state index is 0.657. The van der Waals surface area contributed by atoms with Crippen LogP contribution in [0.25, 0.3) is 10.8 Å². The van der Waals surface area contributed by atoms with Crippen LogP contribution < -0.4 is 5.32 Å². The Labute approximate surface area is 126 Å². The number of nitrogens with zero attached hydrogens (tertiary/aromatic N) is 2. The topological polar surface area (TPSA) is 28.2 Å². The number of rotatable bonds is 3. The summed E-state index contributed by atoms with van der Waals surface area (Å²) in [4.78, 5) is 7.07. The molecule has 2 aliphatic heterocycles. The number of nitrogens with one attached hydrogen (secondary N) is 1. The van der Waals surface area contributed by atoms with Gasteiger partial charge in [-0.25, -0.2) is 0 Å². The van der Waals surface area contributed by atoms with E-state index >= 15 is 0 Å². The zero-order valence-corrected chi connectivity index (χ0v) is 12.5. The normalized spacial score (nSPS) is 26.1. The summed E-state index contributed by atoms with van der Waals surface area (Å²) in [7, 11) is 0. The maximum Gasteiger partial charge on any atom is 0.0346 e. The van der Waals surface area contributed by atoms with Gasteiger partial charge >= 0.3 is 0 Å². The van der Waals surface area contributed by atoms with Crippen molar-refractivity contribution in [1.82, 2.24) is 15.2 Å². The van der Waals surface area contributed by atoms with Gasteiger partial charge in [-0.3, -0.25) is 9.88 Å². The maximum absolute atomic E-state index is 4.39. The smallest absolute Gasteiger partial charge is 0.0346 e. The quantitative estimate of drug-likeness (QED) is 0.937. The fraction of sp³-hybridized carbons (Fsp3) is 0.500. The molecule has 0 spiro atoms. The van der Waals surface area contributed by atoms with Crippen LogP contribution in [0, 0.1) is 0 Å². The second kappa shape index (κ2) is 5.74. The van der Waals surface area contributed by atoms with E-state index in [4.69, 9.17) is 0 Å². The molecule has 110 valence electrons. The van der Waals surface area contributed by atoms with Crippen LogP contribution in [-0.2, 0) is 6.54 Å². The first-order valence-corrected chi connectivity index (χ1v) is 8.21. The molecule has 3 heterocycles. The van der Waals surface area contributed by atoms with Crippen molar-refractivity contribution in [2.24, 2.45) is 0 Å². The number of pyridine rings is 1. The highest BCUT2D eigenvalue weighted by atomic mass is 15.2. The van der Waals surface area contributed by atoms with E-state index in [1.807, 2.05) is 12.4 Å². The van der Waals surface area contributed by atoms with E-state index in [0.717, 1.165) is 12.6 Å². The van der Waals surface area contributed by atoms with Gasteiger partial charge in [0, 0.05) is 43.0 Å². The molecular formula is C18H23N3. The van der Waals surface area contributed by atoms with Crippen molar-refractivity contribution < 1.29 is 0 Å². The predicted octanol–water partition coefficient (Wildman–Crippen LogP) is 2.95. The third-order valence-corrected chi connectivity index (χ3v) is 5.16. The zero-order valence-electron chi connectivity index (χ0n) is 12.5. The Balaban J connectivity index is 1.49. The van der Waals surface area contributed by atoms with E-state index in [0.29, 0.717) is 6.04 Å². The molecule has 1 aromatic carbocycles. The first kappa shape index (κ1) is 13.2. The lowest BCUT2D eigenvalue weighted by Gasteiger charge is -2.32. The van der Waals surface area contributed by atoms with Crippen molar-refractivity contribution in [2.75, 3.05) is 13.1 Å². The average molecular weight is 281 g/mol. The Morgan fingerprint density at radius 2 is 2.05 bits per heavy atom. The first-order valence-electron chi connectivity index (χ1n) is 8.21. The highest BCUT2D eigenvalue weighted by Gasteiger charge is 2.34. The lowest BCUT2D eigenvalue weighted by Crippen LogP contribution is -2.44. The van der Waals surface area contributed by atoms with Crippen LogP contribution in [0.4, 0.5) is 0 Å². The first-order chi connectivity index (χ1) is 10.4. The summed E-state index contributed by atoms with van der Waals surface area (Å²) in [6.45, 7) is 3.51. The summed E-state index contributed by atoms with van der Waals surface area (Å²) in [5.74, 6) is 0. The molecular weight excluding hydrogens is 258 g/mol. The van der Waals surface area contributed by atoms with Crippen molar-refractivity contribution >= 4 is 10.8 Å². The van der Waals surface area contributed by atoms with Gasteiger partial charge in [-0.2, -0.15) is 0 Å². The Kier molecular flexibility index (Phi) is 3.62. The highest BCUT2D eigenvalue weighted by Crippen LogP contribution is 2.27. The van der Waals surface area contributed by atoms with Crippen LogP contribution in [0.3, 0.4) is 0 Å². The summed E-state index contributed by atoms with van der Waals surface area (Å²) in [6, 6.07) is 9.97. The lowest BCUT2D eigenvalue weighted by atomic mass is 9.98. The van der Waals surface area contributed by atoms with Gasteiger partial charge in [-0.05, 0) is 36.8 Å². The zero-order chi connectivity index (χ0) is 14.1. The van der Waals surface area contributed by atoms with Gasteiger partial charge in [0.15, 0.2) is 0 Å². The Hall–Kier alpha value is -1.45. The number of aromatic nitrogens is 1. The van der Waals surface area contributed by atoms with Crippen molar-refractivity contribution in [2.45, 2.75) is 44.3 Å². The molecule has 1 aromatic heterocycles. The molecule has 3 nitrogen and oxygen atoms in total. The molecule has 2 aromatic rings. The molecule has 1 N–H and O–H groups in total. The van der Waals surface area contributed by atoms with Gasteiger partial charge in [-0.15, -0.1) is 0 Å². The van der Waals surface area contributed by atoms with Crippen LogP contribution in [0.2, 0.25) is 0 Å². The second-order valence-corrected chi connectivity index (χ2v) is 6.39. The summed E-state index contributed by atoms with van der Waals surface area (Å²) in [6.07, 6.45) is 9.42. The Morgan fingerprint density at radius 3 is 3.05 bits per heavy atom. The highest BCUT2D eigenvalue weighted by molar-refractivity contribution is 5.84. The Bertz CT molecular complexity index is 619. The van der Waals surface area contributed by atoms with E-state index in [-0.39, 0.29) is 0 Å². The van der Waals surface area contributed by atoms with Gasteiger partial charge in [-0.1, -0.05) is 30.7 Å². The molecule has 2 unspecified atom stereocenters. The second-order valence-electron chi connectivity index (χ2n) is 6.39. The molecule has 0 radical (unpaired) electrons. The standard InChI is InChI=1S/C18H23N3/c1-2-6-16-14(5-1)11-19-12-15(16)13-20-17-8-10-21-9-4-3-7-18(17)21/h1-2,5-6,11-12,17-18,20H,3-4,7-10,13H2. The third-order valence-electron chi connectivity index (χ3n) is 5.16. The van der Waals surface area contributed by atoms with E-state index in [1.165, 1.54) is 55.1 Å². The molecule has 2 aliphatic rings. The van der Waals surface area contributed by atoms with Crippen molar-refractivity contribution in [3.05, 3.63) is 42.2 Å². The molecule has 0 aliphatic carbocycles. The molecule has 2 fully saturated rings. The van der Waals surface area contributed by atoms with Crippen molar-refractivity contribution in [1.29, 1.82) is 0 Å². The fourth-order valence-electron chi connectivity index (χ4n) is 4.05. The van der Waals surface area contributed by atoms with Crippen molar-refractivity contribution in [3.63, 3.8) is 0 Å². The van der Waals surface area contributed by atoms with Crippen LogP contribution in [0.1, 0.15) is 31.2 Å². The van der Waals surface area contributed by atoms with Crippen molar-refractivity contribution in [3.8, 4) is 0 Å². The third kappa shape index (κ3) is 2.56. The van der Waals surface area contributed by atoms with E-state index < -0.39 is 0 Å². The number of hydrogen-bond acceptors (Lipinski definition) is 3. The number of fused-ring (bicyclic) bond motifs is 2. The summed E-state index contributed by atoms with van der Waals surface area (Å²) < 4.78 is 0. The molecule has 21 heavy (non-hydrogen) atoms. The minimum atomic E-state index is 0.657. The fourth-order valence-corrected chi connectivity index (χ4v) is 4.05. The van der Waals surface area contributed by atoms with Gasteiger partial charge in [0.1, 0.15) is 0 Å². The lowest BCUT2D eigenvalue weighted by molar-refractivity contribution is 0.180. The molecule has 4 rings (SSSR count). The Morgan fingerprint density at radius 1 is 1.10 bits per heavy atom.